The van der Waals surface area contributed by atoms with Crippen LogP contribution in [0.4, 0.5) is 0 Å². The number of piperazine rings is 1. The quantitative estimate of drug-likeness (QED) is 0.848. The summed E-state index contributed by atoms with van der Waals surface area (Å²) in [5.74, 6) is -0.0258. The van der Waals surface area contributed by atoms with Gasteiger partial charge in [-0.3, -0.25) is 4.90 Å². The lowest BCUT2D eigenvalue weighted by Gasteiger charge is -2.34. The molecule has 0 unspecified atom stereocenters. The highest BCUT2D eigenvalue weighted by molar-refractivity contribution is 7.89. The number of hydrogen-bond acceptors (Lipinski definition) is 4. The number of nitriles is 1. The maximum Gasteiger partial charge on any atom is 0.243 e. The molecule has 1 saturated heterocycles. The molecule has 1 aliphatic rings. The van der Waals surface area contributed by atoms with Crippen LogP contribution in [-0.4, -0.2) is 50.3 Å². The standard InChI is InChI=1S/C16H23N3O2S/c1-13-4-5-15(3)16(10-13)22(20,21)19-8-6-18(7-9-19)12-14(2)11-17/h4-5,10,14H,6-9,12H2,1-3H3/t14-/m0/s1. The molecule has 0 bridgehead atoms. The molecule has 1 aromatic carbocycles. The zero-order valence-corrected chi connectivity index (χ0v) is 14.2. The Morgan fingerprint density at radius 1 is 1.23 bits per heavy atom. The van der Waals surface area contributed by atoms with E-state index in [1.54, 1.807) is 10.4 Å². The molecule has 22 heavy (non-hydrogen) atoms. The summed E-state index contributed by atoms with van der Waals surface area (Å²) in [5.41, 5.74) is 1.73. The SMILES string of the molecule is Cc1ccc(C)c(S(=O)(=O)N2CCN(C[C@@H](C)C#N)CC2)c1. The monoisotopic (exact) mass is 321 g/mol. The van der Waals surface area contributed by atoms with Gasteiger partial charge in [0.25, 0.3) is 0 Å². The number of sulfonamides is 1. The molecule has 0 amide bonds. The Kier molecular flexibility index (Phi) is 5.22. The van der Waals surface area contributed by atoms with Crippen LogP contribution in [0.2, 0.25) is 0 Å². The van der Waals surface area contributed by atoms with Crippen LogP contribution in [0.1, 0.15) is 18.1 Å². The van der Waals surface area contributed by atoms with Gasteiger partial charge in [-0.1, -0.05) is 12.1 Å². The van der Waals surface area contributed by atoms with E-state index in [1.165, 1.54) is 0 Å². The van der Waals surface area contributed by atoms with Crippen molar-refractivity contribution in [2.75, 3.05) is 32.7 Å². The van der Waals surface area contributed by atoms with Gasteiger partial charge in [0.2, 0.25) is 10.0 Å². The van der Waals surface area contributed by atoms with Crippen LogP contribution >= 0.6 is 0 Å². The van der Waals surface area contributed by atoms with Crippen molar-refractivity contribution in [3.8, 4) is 6.07 Å². The number of benzene rings is 1. The van der Waals surface area contributed by atoms with E-state index < -0.39 is 10.0 Å². The Morgan fingerprint density at radius 2 is 1.86 bits per heavy atom. The van der Waals surface area contributed by atoms with E-state index in [0.717, 1.165) is 11.1 Å². The molecule has 0 aromatic heterocycles. The van der Waals surface area contributed by atoms with Crippen LogP contribution in [0.15, 0.2) is 23.1 Å². The first-order valence-corrected chi connectivity index (χ1v) is 8.98. The number of rotatable bonds is 4. The van der Waals surface area contributed by atoms with Gasteiger partial charge in [0.15, 0.2) is 0 Å². The Hall–Kier alpha value is -1.42. The molecule has 1 aromatic rings. The number of aryl methyl sites for hydroxylation is 2. The van der Waals surface area contributed by atoms with E-state index >= 15 is 0 Å². The van der Waals surface area contributed by atoms with Crippen LogP contribution in [0.3, 0.4) is 0 Å². The minimum Gasteiger partial charge on any atom is -0.299 e. The van der Waals surface area contributed by atoms with Gasteiger partial charge < -0.3 is 0 Å². The summed E-state index contributed by atoms with van der Waals surface area (Å²) in [5, 5.41) is 8.87. The molecular weight excluding hydrogens is 298 g/mol. The van der Waals surface area contributed by atoms with Crippen molar-refractivity contribution in [3.05, 3.63) is 29.3 Å². The summed E-state index contributed by atoms with van der Waals surface area (Å²) in [7, 11) is -3.43. The predicted molar refractivity (Wildman–Crippen MR) is 85.9 cm³/mol. The largest absolute Gasteiger partial charge is 0.299 e. The lowest BCUT2D eigenvalue weighted by molar-refractivity contribution is 0.178. The summed E-state index contributed by atoms with van der Waals surface area (Å²) in [6.07, 6.45) is 0. The first-order valence-electron chi connectivity index (χ1n) is 7.54. The summed E-state index contributed by atoms with van der Waals surface area (Å²) in [6.45, 7) is 8.64. The number of nitrogens with zero attached hydrogens (tertiary/aromatic N) is 3. The first-order chi connectivity index (χ1) is 10.3. The van der Waals surface area contributed by atoms with Crippen LogP contribution in [0.25, 0.3) is 0 Å². The highest BCUT2D eigenvalue weighted by Gasteiger charge is 2.29. The summed E-state index contributed by atoms with van der Waals surface area (Å²) in [4.78, 5) is 2.56. The van der Waals surface area contributed by atoms with Crippen molar-refractivity contribution >= 4 is 10.0 Å². The third-order valence-corrected chi connectivity index (χ3v) is 6.09. The van der Waals surface area contributed by atoms with Gasteiger partial charge in [-0.2, -0.15) is 9.57 Å². The first kappa shape index (κ1) is 16.9. The summed E-state index contributed by atoms with van der Waals surface area (Å²) < 4.78 is 27.2. The van der Waals surface area contributed by atoms with Crippen molar-refractivity contribution in [2.24, 2.45) is 5.92 Å². The van der Waals surface area contributed by atoms with Crippen LogP contribution in [0.5, 0.6) is 0 Å². The van der Waals surface area contributed by atoms with Gasteiger partial charge in [-0.15, -0.1) is 0 Å². The van der Waals surface area contributed by atoms with Crippen LogP contribution in [-0.2, 0) is 10.0 Å². The van der Waals surface area contributed by atoms with Gasteiger partial charge in [0.05, 0.1) is 16.9 Å². The zero-order chi connectivity index (χ0) is 16.3. The van der Waals surface area contributed by atoms with E-state index in [-0.39, 0.29) is 5.92 Å². The Bertz CT molecular complexity index is 671. The van der Waals surface area contributed by atoms with E-state index in [4.69, 9.17) is 5.26 Å². The molecule has 120 valence electrons. The van der Waals surface area contributed by atoms with Gasteiger partial charge in [-0.05, 0) is 38.0 Å². The highest BCUT2D eigenvalue weighted by Crippen LogP contribution is 2.22. The maximum atomic E-state index is 12.8. The fraction of sp³-hybridized carbons (Fsp3) is 0.562. The highest BCUT2D eigenvalue weighted by atomic mass is 32.2. The fourth-order valence-corrected chi connectivity index (χ4v) is 4.44. The Labute approximate surface area is 133 Å². The smallest absolute Gasteiger partial charge is 0.243 e. The molecule has 0 spiro atoms. The lowest BCUT2D eigenvalue weighted by atomic mass is 10.2. The third-order valence-electron chi connectivity index (χ3n) is 4.05. The minimum absolute atomic E-state index is 0.0258. The second-order valence-electron chi connectivity index (χ2n) is 6.00. The maximum absolute atomic E-state index is 12.8. The normalized spacial score (nSPS) is 18.8. The number of hydrogen-bond donors (Lipinski definition) is 0. The second-order valence-corrected chi connectivity index (χ2v) is 7.91. The molecule has 1 aliphatic heterocycles. The van der Waals surface area contributed by atoms with Crippen molar-refractivity contribution in [3.63, 3.8) is 0 Å². The molecule has 0 radical (unpaired) electrons. The predicted octanol–water partition coefficient (Wildman–Crippen LogP) is 1.77. The lowest BCUT2D eigenvalue weighted by Crippen LogP contribution is -2.49. The second kappa shape index (κ2) is 6.78. The van der Waals surface area contributed by atoms with Crippen molar-refractivity contribution in [1.29, 1.82) is 5.26 Å². The van der Waals surface area contributed by atoms with E-state index in [0.29, 0.717) is 37.6 Å². The summed E-state index contributed by atoms with van der Waals surface area (Å²) in [6, 6.07) is 7.74. The molecule has 5 nitrogen and oxygen atoms in total. The van der Waals surface area contributed by atoms with E-state index in [2.05, 4.69) is 11.0 Å². The average molecular weight is 321 g/mol. The Balaban J connectivity index is 2.10. The summed E-state index contributed by atoms with van der Waals surface area (Å²) >= 11 is 0. The van der Waals surface area contributed by atoms with Crippen molar-refractivity contribution < 1.29 is 8.42 Å². The van der Waals surface area contributed by atoms with Crippen LogP contribution in [0, 0.1) is 31.1 Å². The van der Waals surface area contributed by atoms with E-state index in [1.807, 2.05) is 32.9 Å². The van der Waals surface area contributed by atoms with Gasteiger partial charge in [0, 0.05) is 32.7 Å². The van der Waals surface area contributed by atoms with Crippen molar-refractivity contribution in [1.82, 2.24) is 9.21 Å². The molecule has 0 aliphatic carbocycles. The fourth-order valence-electron chi connectivity index (χ4n) is 2.70. The molecular formula is C16H23N3O2S. The van der Waals surface area contributed by atoms with Crippen molar-refractivity contribution in [2.45, 2.75) is 25.7 Å². The van der Waals surface area contributed by atoms with Gasteiger partial charge in [-0.25, -0.2) is 8.42 Å². The molecule has 0 saturated carbocycles. The van der Waals surface area contributed by atoms with Crippen LogP contribution < -0.4 is 0 Å². The molecule has 1 heterocycles. The minimum atomic E-state index is -3.43. The molecule has 1 atom stereocenters. The zero-order valence-electron chi connectivity index (χ0n) is 13.4. The van der Waals surface area contributed by atoms with Gasteiger partial charge >= 0.3 is 0 Å². The third kappa shape index (κ3) is 3.67. The molecule has 2 rings (SSSR count). The average Bonchev–Trinajstić information content (AvgIpc) is 2.50. The van der Waals surface area contributed by atoms with E-state index in [9.17, 15) is 8.42 Å². The Morgan fingerprint density at radius 3 is 2.45 bits per heavy atom. The van der Waals surface area contributed by atoms with Gasteiger partial charge in [0.1, 0.15) is 0 Å². The topological polar surface area (TPSA) is 64.4 Å². The molecule has 6 heteroatoms. The molecule has 0 N–H and O–H groups in total. The molecule has 1 fully saturated rings.